The van der Waals surface area contributed by atoms with Gasteiger partial charge in [-0.05, 0) is 37.0 Å². The third-order valence-corrected chi connectivity index (χ3v) is 4.01. The highest BCUT2D eigenvalue weighted by Crippen LogP contribution is 2.21. The van der Waals surface area contributed by atoms with Gasteiger partial charge in [-0.3, -0.25) is 4.79 Å². The van der Waals surface area contributed by atoms with Crippen molar-refractivity contribution < 1.29 is 15.0 Å². The standard InChI is InChI=1S/C17H21NO3/c1-12-11-18(9-8-16(12)20)17(21)15-7-3-5-14(13(15)2)6-4-10-19/h3,5,7,12,16,19-20H,8-11H2,1-2H3. The number of piperidine rings is 1. The van der Waals surface area contributed by atoms with Crippen LogP contribution in [-0.4, -0.2) is 46.8 Å². The van der Waals surface area contributed by atoms with Gasteiger partial charge in [0, 0.05) is 24.2 Å². The predicted octanol–water partition coefficient (Wildman–Crippen LogP) is 1.18. The number of likely N-dealkylation sites (tertiary alicyclic amines) is 1. The zero-order valence-electron chi connectivity index (χ0n) is 12.5. The molecule has 1 amide bonds. The number of hydrogen-bond acceptors (Lipinski definition) is 3. The lowest BCUT2D eigenvalue weighted by molar-refractivity contribution is 0.0297. The molecule has 1 saturated heterocycles. The van der Waals surface area contributed by atoms with Crippen LogP contribution >= 0.6 is 0 Å². The minimum Gasteiger partial charge on any atom is -0.393 e. The lowest BCUT2D eigenvalue weighted by atomic mass is 9.95. The van der Waals surface area contributed by atoms with Crippen LogP contribution < -0.4 is 0 Å². The van der Waals surface area contributed by atoms with Crippen LogP contribution in [0.2, 0.25) is 0 Å². The number of carbonyl (C=O) groups excluding carboxylic acids is 1. The lowest BCUT2D eigenvalue weighted by Gasteiger charge is -2.34. The normalized spacial score (nSPS) is 21.6. The van der Waals surface area contributed by atoms with Crippen molar-refractivity contribution in [3.05, 3.63) is 34.9 Å². The van der Waals surface area contributed by atoms with Gasteiger partial charge in [-0.15, -0.1) is 0 Å². The molecule has 21 heavy (non-hydrogen) atoms. The fraction of sp³-hybridized carbons (Fsp3) is 0.471. The zero-order valence-corrected chi connectivity index (χ0v) is 12.5. The van der Waals surface area contributed by atoms with Gasteiger partial charge in [0.25, 0.3) is 5.91 Å². The van der Waals surface area contributed by atoms with Crippen LogP contribution in [0.1, 0.15) is 34.8 Å². The third-order valence-electron chi connectivity index (χ3n) is 4.01. The first-order valence-electron chi connectivity index (χ1n) is 7.21. The van der Waals surface area contributed by atoms with Crippen LogP contribution in [-0.2, 0) is 0 Å². The van der Waals surface area contributed by atoms with E-state index < -0.39 is 0 Å². The Morgan fingerprint density at radius 2 is 2.24 bits per heavy atom. The summed E-state index contributed by atoms with van der Waals surface area (Å²) in [5.74, 6) is 5.56. The Labute approximate surface area is 125 Å². The fourth-order valence-corrected chi connectivity index (χ4v) is 2.63. The summed E-state index contributed by atoms with van der Waals surface area (Å²) in [6, 6.07) is 5.46. The first-order valence-corrected chi connectivity index (χ1v) is 7.21. The Morgan fingerprint density at radius 1 is 1.48 bits per heavy atom. The summed E-state index contributed by atoms with van der Waals surface area (Å²) in [5, 5.41) is 18.5. The molecule has 1 aliphatic rings. The van der Waals surface area contributed by atoms with E-state index in [4.69, 9.17) is 5.11 Å². The Morgan fingerprint density at radius 3 is 2.90 bits per heavy atom. The molecular formula is C17H21NO3. The molecule has 0 bridgehead atoms. The van der Waals surface area contributed by atoms with Gasteiger partial charge in [0.05, 0.1) is 6.10 Å². The largest absolute Gasteiger partial charge is 0.393 e. The van der Waals surface area contributed by atoms with Gasteiger partial charge in [0.15, 0.2) is 0 Å². The molecule has 2 atom stereocenters. The molecule has 4 nitrogen and oxygen atoms in total. The summed E-state index contributed by atoms with van der Waals surface area (Å²) >= 11 is 0. The molecule has 0 radical (unpaired) electrons. The SMILES string of the molecule is Cc1c(C#CCO)cccc1C(=O)N1CCC(O)C(C)C1. The van der Waals surface area contributed by atoms with E-state index in [1.165, 1.54) is 0 Å². The van der Waals surface area contributed by atoms with E-state index in [0.717, 1.165) is 11.1 Å². The Hall–Kier alpha value is -1.83. The van der Waals surface area contributed by atoms with Crippen molar-refractivity contribution in [3.8, 4) is 11.8 Å². The van der Waals surface area contributed by atoms with Gasteiger partial charge >= 0.3 is 0 Å². The number of hydrogen-bond donors (Lipinski definition) is 2. The van der Waals surface area contributed by atoms with Crippen molar-refractivity contribution >= 4 is 5.91 Å². The number of aliphatic hydroxyl groups excluding tert-OH is 2. The van der Waals surface area contributed by atoms with E-state index in [2.05, 4.69) is 11.8 Å². The van der Waals surface area contributed by atoms with Gasteiger partial charge in [-0.1, -0.05) is 24.8 Å². The summed E-state index contributed by atoms with van der Waals surface area (Å²) in [7, 11) is 0. The maximum Gasteiger partial charge on any atom is 0.254 e. The molecule has 1 aliphatic heterocycles. The number of aliphatic hydroxyl groups is 2. The van der Waals surface area contributed by atoms with Crippen molar-refractivity contribution in [1.29, 1.82) is 0 Å². The first kappa shape index (κ1) is 15.6. The van der Waals surface area contributed by atoms with Gasteiger partial charge in [-0.25, -0.2) is 0 Å². The molecule has 2 N–H and O–H groups in total. The highest BCUT2D eigenvalue weighted by Gasteiger charge is 2.28. The second-order valence-corrected chi connectivity index (χ2v) is 5.52. The van der Waals surface area contributed by atoms with E-state index in [9.17, 15) is 9.90 Å². The number of rotatable bonds is 1. The lowest BCUT2D eigenvalue weighted by Crippen LogP contribution is -2.45. The molecule has 2 rings (SSSR count). The summed E-state index contributed by atoms with van der Waals surface area (Å²) in [6.07, 6.45) is 0.299. The van der Waals surface area contributed by atoms with Crippen LogP contribution in [0, 0.1) is 24.7 Å². The zero-order chi connectivity index (χ0) is 15.4. The third kappa shape index (κ3) is 3.44. The van der Waals surface area contributed by atoms with Crippen molar-refractivity contribution in [2.75, 3.05) is 19.7 Å². The van der Waals surface area contributed by atoms with Crippen LogP contribution in [0.15, 0.2) is 18.2 Å². The smallest absolute Gasteiger partial charge is 0.254 e. The number of benzene rings is 1. The predicted molar refractivity (Wildman–Crippen MR) is 80.8 cm³/mol. The second-order valence-electron chi connectivity index (χ2n) is 5.52. The topological polar surface area (TPSA) is 60.8 Å². The summed E-state index contributed by atoms with van der Waals surface area (Å²) in [6.45, 7) is 4.79. The number of nitrogens with zero attached hydrogens (tertiary/aromatic N) is 1. The summed E-state index contributed by atoms with van der Waals surface area (Å²) in [4.78, 5) is 14.4. The van der Waals surface area contributed by atoms with E-state index in [0.29, 0.717) is 25.1 Å². The Balaban J connectivity index is 2.23. The fourth-order valence-electron chi connectivity index (χ4n) is 2.63. The minimum absolute atomic E-state index is 0.0149. The quantitative estimate of drug-likeness (QED) is 0.763. The van der Waals surface area contributed by atoms with Crippen LogP contribution in [0.5, 0.6) is 0 Å². The molecule has 1 aromatic carbocycles. The molecule has 0 aliphatic carbocycles. The van der Waals surface area contributed by atoms with Crippen LogP contribution in [0.3, 0.4) is 0 Å². The number of carbonyl (C=O) groups is 1. The van der Waals surface area contributed by atoms with Crippen molar-refractivity contribution in [1.82, 2.24) is 4.90 Å². The van der Waals surface area contributed by atoms with Crippen molar-refractivity contribution in [2.45, 2.75) is 26.4 Å². The van der Waals surface area contributed by atoms with Gasteiger partial charge in [0.1, 0.15) is 6.61 Å². The molecule has 4 heteroatoms. The van der Waals surface area contributed by atoms with Crippen LogP contribution in [0.4, 0.5) is 0 Å². The maximum absolute atomic E-state index is 12.6. The summed E-state index contributed by atoms with van der Waals surface area (Å²) in [5.41, 5.74) is 2.24. The second kappa shape index (κ2) is 6.75. The minimum atomic E-state index is -0.322. The molecule has 0 aromatic heterocycles. The van der Waals surface area contributed by atoms with Gasteiger partial charge in [0.2, 0.25) is 0 Å². The Bertz CT molecular complexity index is 585. The van der Waals surface area contributed by atoms with E-state index >= 15 is 0 Å². The molecule has 0 spiro atoms. The molecular weight excluding hydrogens is 266 g/mol. The maximum atomic E-state index is 12.6. The Kier molecular flexibility index (Phi) is 5.00. The van der Waals surface area contributed by atoms with Crippen LogP contribution in [0.25, 0.3) is 0 Å². The highest BCUT2D eigenvalue weighted by molar-refractivity contribution is 5.96. The molecule has 1 heterocycles. The molecule has 2 unspecified atom stereocenters. The molecule has 1 fully saturated rings. The molecule has 0 saturated carbocycles. The van der Waals surface area contributed by atoms with E-state index in [-0.39, 0.29) is 24.5 Å². The van der Waals surface area contributed by atoms with Crippen molar-refractivity contribution in [3.63, 3.8) is 0 Å². The highest BCUT2D eigenvalue weighted by atomic mass is 16.3. The monoisotopic (exact) mass is 287 g/mol. The van der Waals surface area contributed by atoms with Gasteiger partial charge in [-0.2, -0.15) is 0 Å². The van der Waals surface area contributed by atoms with E-state index in [1.54, 1.807) is 11.0 Å². The summed E-state index contributed by atoms with van der Waals surface area (Å²) < 4.78 is 0. The average molecular weight is 287 g/mol. The van der Waals surface area contributed by atoms with Gasteiger partial charge < -0.3 is 15.1 Å². The van der Waals surface area contributed by atoms with Crippen molar-refractivity contribution in [2.24, 2.45) is 5.92 Å². The molecule has 112 valence electrons. The van der Waals surface area contributed by atoms with E-state index in [1.807, 2.05) is 26.0 Å². The average Bonchev–Trinajstić information content (AvgIpc) is 2.48. The first-order chi connectivity index (χ1) is 10.0. The number of amides is 1. The molecule has 1 aromatic rings.